The molecular formula is C18H20N2O3. The lowest BCUT2D eigenvalue weighted by molar-refractivity contribution is 0.0955. The zero-order valence-electron chi connectivity index (χ0n) is 13.4. The van der Waals surface area contributed by atoms with Crippen molar-refractivity contribution in [2.75, 3.05) is 0 Å². The molecule has 0 spiro atoms. The second-order valence-electron chi connectivity index (χ2n) is 6.24. The molecule has 0 aliphatic rings. The summed E-state index contributed by atoms with van der Waals surface area (Å²) in [4.78, 5) is 12.0. The molecule has 0 unspecified atom stereocenters. The van der Waals surface area contributed by atoms with Gasteiger partial charge in [0.2, 0.25) is 0 Å². The monoisotopic (exact) mass is 312 g/mol. The van der Waals surface area contributed by atoms with E-state index < -0.39 is 0 Å². The number of aromatic hydroxyl groups is 2. The van der Waals surface area contributed by atoms with E-state index in [4.69, 9.17) is 0 Å². The first-order valence-corrected chi connectivity index (χ1v) is 7.24. The van der Waals surface area contributed by atoms with E-state index in [9.17, 15) is 15.0 Å². The highest BCUT2D eigenvalue weighted by atomic mass is 16.3. The van der Waals surface area contributed by atoms with Gasteiger partial charge in [-0.05, 0) is 35.2 Å². The summed E-state index contributed by atoms with van der Waals surface area (Å²) in [6.45, 7) is 6.32. The van der Waals surface area contributed by atoms with Crippen LogP contribution in [0.15, 0.2) is 47.6 Å². The quantitative estimate of drug-likeness (QED) is 0.462. The van der Waals surface area contributed by atoms with Crippen LogP contribution in [0.25, 0.3) is 0 Å². The molecule has 3 N–H and O–H groups in total. The van der Waals surface area contributed by atoms with Gasteiger partial charge in [-0.25, -0.2) is 5.43 Å². The smallest absolute Gasteiger partial charge is 0.271 e. The first kappa shape index (κ1) is 16.5. The Morgan fingerprint density at radius 2 is 1.74 bits per heavy atom. The van der Waals surface area contributed by atoms with Gasteiger partial charge < -0.3 is 10.2 Å². The van der Waals surface area contributed by atoms with E-state index in [0.717, 1.165) is 5.56 Å². The van der Waals surface area contributed by atoms with Crippen molar-refractivity contribution in [1.29, 1.82) is 0 Å². The summed E-state index contributed by atoms with van der Waals surface area (Å²) < 4.78 is 0. The average Bonchev–Trinajstić information content (AvgIpc) is 2.50. The number of carbonyl (C=O) groups excluding carboxylic acids is 1. The van der Waals surface area contributed by atoms with Crippen molar-refractivity contribution in [3.8, 4) is 11.5 Å². The van der Waals surface area contributed by atoms with Gasteiger partial charge in [-0.15, -0.1) is 0 Å². The van der Waals surface area contributed by atoms with E-state index in [0.29, 0.717) is 11.1 Å². The molecule has 1 amide bonds. The minimum absolute atomic E-state index is 0.0278. The highest BCUT2D eigenvalue weighted by Crippen LogP contribution is 2.26. The van der Waals surface area contributed by atoms with Gasteiger partial charge in [0, 0.05) is 11.1 Å². The lowest BCUT2D eigenvalue weighted by atomic mass is 9.87. The van der Waals surface area contributed by atoms with E-state index >= 15 is 0 Å². The third-order valence-corrected chi connectivity index (χ3v) is 3.43. The van der Waals surface area contributed by atoms with Gasteiger partial charge in [0.25, 0.3) is 5.91 Å². The number of para-hydroxylation sites is 1. The number of benzene rings is 2. The Bertz CT molecular complexity index is 729. The molecule has 0 aliphatic heterocycles. The molecule has 120 valence electrons. The van der Waals surface area contributed by atoms with E-state index in [1.165, 1.54) is 12.3 Å². The fourth-order valence-corrected chi connectivity index (χ4v) is 2.00. The third kappa shape index (κ3) is 4.10. The second-order valence-corrected chi connectivity index (χ2v) is 6.24. The van der Waals surface area contributed by atoms with Crippen molar-refractivity contribution in [3.05, 3.63) is 59.2 Å². The van der Waals surface area contributed by atoms with Gasteiger partial charge in [-0.2, -0.15) is 5.10 Å². The molecule has 0 aromatic heterocycles. The largest absolute Gasteiger partial charge is 0.504 e. The maximum atomic E-state index is 12.0. The number of rotatable bonds is 3. The Kier molecular flexibility index (Phi) is 4.69. The molecule has 0 radical (unpaired) electrons. The van der Waals surface area contributed by atoms with Crippen LogP contribution in [0.2, 0.25) is 0 Å². The molecule has 0 fully saturated rings. The van der Waals surface area contributed by atoms with Crippen molar-refractivity contribution in [2.45, 2.75) is 26.2 Å². The molecule has 5 heteroatoms. The maximum Gasteiger partial charge on any atom is 0.271 e. The van der Waals surface area contributed by atoms with Crippen LogP contribution in [-0.4, -0.2) is 22.3 Å². The van der Waals surface area contributed by atoms with Crippen LogP contribution >= 0.6 is 0 Å². The summed E-state index contributed by atoms with van der Waals surface area (Å²) in [7, 11) is 0. The van der Waals surface area contributed by atoms with Gasteiger partial charge in [-0.3, -0.25) is 4.79 Å². The fraction of sp³-hybridized carbons (Fsp3) is 0.222. The SMILES string of the molecule is CC(C)(C)c1ccc(C(=O)N/N=C/c2cccc(O)c2O)cc1. The molecule has 23 heavy (non-hydrogen) atoms. The first-order valence-electron chi connectivity index (χ1n) is 7.24. The van der Waals surface area contributed by atoms with E-state index in [1.807, 2.05) is 12.1 Å². The van der Waals surface area contributed by atoms with Crippen molar-refractivity contribution >= 4 is 12.1 Å². The van der Waals surface area contributed by atoms with E-state index in [1.54, 1.807) is 24.3 Å². The van der Waals surface area contributed by atoms with Crippen LogP contribution in [0.5, 0.6) is 11.5 Å². The highest BCUT2D eigenvalue weighted by molar-refractivity contribution is 5.95. The molecule has 0 aliphatic carbocycles. The Labute approximate surface area is 135 Å². The van der Waals surface area contributed by atoms with Crippen molar-refractivity contribution < 1.29 is 15.0 Å². The lowest BCUT2D eigenvalue weighted by Gasteiger charge is -2.18. The number of hydrogen-bond acceptors (Lipinski definition) is 4. The van der Waals surface area contributed by atoms with Crippen LogP contribution in [0.4, 0.5) is 0 Å². The van der Waals surface area contributed by atoms with Gasteiger partial charge in [-0.1, -0.05) is 39.0 Å². The van der Waals surface area contributed by atoms with E-state index in [-0.39, 0.29) is 22.8 Å². The minimum atomic E-state index is -0.346. The third-order valence-electron chi connectivity index (χ3n) is 3.43. The van der Waals surface area contributed by atoms with Crippen LogP contribution < -0.4 is 5.43 Å². The molecule has 0 atom stereocenters. The standard InChI is InChI=1S/C18H20N2O3/c1-18(2,3)14-9-7-12(8-10-14)17(23)20-19-11-13-5-4-6-15(21)16(13)22/h4-11,21-22H,1-3H3,(H,20,23)/b19-11+. The van der Waals surface area contributed by atoms with Gasteiger partial charge in [0.05, 0.1) is 6.21 Å². The number of amides is 1. The summed E-state index contributed by atoms with van der Waals surface area (Å²) in [5.41, 5.74) is 4.37. The van der Waals surface area contributed by atoms with Gasteiger partial charge >= 0.3 is 0 Å². The number of carbonyl (C=O) groups is 1. The average molecular weight is 312 g/mol. The fourth-order valence-electron chi connectivity index (χ4n) is 2.00. The summed E-state index contributed by atoms with van der Waals surface area (Å²) in [5, 5.41) is 22.8. The van der Waals surface area contributed by atoms with Crippen LogP contribution in [0, 0.1) is 0 Å². The highest BCUT2D eigenvalue weighted by Gasteiger charge is 2.14. The maximum absolute atomic E-state index is 12.0. The predicted molar refractivity (Wildman–Crippen MR) is 90.0 cm³/mol. The molecule has 2 aromatic carbocycles. The summed E-state index contributed by atoms with van der Waals surface area (Å²) in [6, 6.07) is 11.8. The molecule has 5 nitrogen and oxygen atoms in total. The molecule has 2 aromatic rings. The zero-order valence-corrected chi connectivity index (χ0v) is 13.4. The Morgan fingerprint density at radius 1 is 1.09 bits per heavy atom. The predicted octanol–water partition coefficient (Wildman–Crippen LogP) is 3.16. The summed E-state index contributed by atoms with van der Waals surface area (Å²) >= 11 is 0. The molecular weight excluding hydrogens is 292 g/mol. The first-order chi connectivity index (χ1) is 10.8. The molecule has 2 rings (SSSR count). The van der Waals surface area contributed by atoms with Crippen molar-refractivity contribution in [1.82, 2.24) is 5.43 Å². The normalized spacial score (nSPS) is 11.6. The lowest BCUT2D eigenvalue weighted by Crippen LogP contribution is -2.18. The number of phenols is 2. The Morgan fingerprint density at radius 3 is 2.35 bits per heavy atom. The van der Waals surface area contributed by atoms with Gasteiger partial charge in [0.15, 0.2) is 11.5 Å². The Balaban J connectivity index is 2.05. The van der Waals surface area contributed by atoms with Crippen LogP contribution in [-0.2, 0) is 5.41 Å². The van der Waals surface area contributed by atoms with Crippen LogP contribution in [0.3, 0.4) is 0 Å². The molecule has 0 saturated carbocycles. The van der Waals surface area contributed by atoms with Crippen LogP contribution in [0.1, 0.15) is 42.3 Å². The molecule has 0 bridgehead atoms. The molecule has 0 heterocycles. The number of nitrogens with one attached hydrogen (secondary N) is 1. The summed E-state index contributed by atoms with van der Waals surface area (Å²) in [5.74, 6) is -0.862. The Hall–Kier alpha value is -2.82. The number of hydrazone groups is 1. The van der Waals surface area contributed by atoms with Crippen molar-refractivity contribution in [2.24, 2.45) is 5.10 Å². The second kappa shape index (κ2) is 6.52. The number of hydrogen-bond donors (Lipinski definition) is 3. The molecule has 0 saturated heterocycles. The topological polar surface area (TPSA) is 81.9 Å². The number of nitrogens with zero attached hydrogens (tertiary/aromatic N) is 1. The summed E-state index contributed by atoms with van der Waals surface area (Å²) in [6.07, 6.45) is 1.27. The van der Waals surface area contributed by atoms with Crippen molar-refractivity contribution in [3.63, 3.8) is 0 Å². The van der Waals surface area contributed by atoms with Gasteiger partial charge in [0.1, 0.15) is 0 Å². The zero-order chi connectivity index (χ0) is 17.0. The van der Waals surface area contributed by atoms with E-state index in [2.05, 4.69) is 31.3 Å². The number of phenolic OH excluding ortho intramolecular Hbond substituents is 2. The minimum Gasteiger partial charge on any atom is -0.504 e.